The molecule has 1 saturated carbocycles. The average molecular weight is 359 g/mol. The molecular formula is C19H23ClN4O. The smallest absolute Gasteiger partial charge is 0.293 e. The van der Waals surface area contributed by atoms with Crippen LogP contribution in [-0.2, 0) is 0 Å². The van der Waals surface area contributed by atoms with Crippen molar-refractivity contribution in [2.45, 2.75) is 51.5 Å². The fourth-order valence-electron chi connectivity index (χ4n) is 4.31. The first-order valence-electron chi connectivity index (χ1n) is 9.14. The van der Waals surface area contributed by atoms with Crippen LogP contribution in [0.3, 0.4) is 0 Å². The maximum atomic E-state index is 13.1. The van der Waals surface area contributed by atoms with Crippen LogP contribution >= 0.6 is 11.6 Å². The van der Waals surface area contributed by atoms with Gasteiger partial charge < -0.3 is 4.90 Å². The summed E-state index contributed by atoms with van der Waals surface area (Å²) in [6.07, 6.45) is 7.22. The molecule has 1 saturated heterocycles. The molecule has 5 nitrogen and oxygen atoms in total. The fourth-order valence-corrected chi connectivity index (χ4v) is 4.44. The van der Waals surface area contributed by atoms with Crippen molar-refractivity contribution in [3.63, 3.8) is 0 Å². The van der Waals surface area contributed by atoms with E-state index in [2.05, 4.69) is 10.1 Å². The number of amides is 1. The zero-order chi connectivity index (χ0) is 17.4. The minimum Gasteiger partial charge on any atom is -0.333 e. The molecule has 2 fully saturated rings. The zero-order valence-corrected chi connectivity index (χ0v) is 15.2. The summed E-state index contributed by atoms with van der Waals surface area (Å²) >= 11 is 5.95. The number of aryl methyl sites for hydroxylation is 1. The lowest BCUT2D eigenvalue weighted by Gasteiger charge is -2.43. The Balaban J connectivity index is 1.60. The lowest BCUT2D eigenvalue weighted by molar-refractivity contribution is 0.0379. The van der Waals surface area contributed by atoms with Crippen molar-refractivity contribution in [3.8, 4) is 5.69 Å². The van der Waals surface area contributed by atoms with Crippen molar-refractivity contribution in [3.05, 3.63) is 40.9 Å². The van der Waals surface area contributed by atoms with Gasteiger partial charge in [0.25, 0.3) is 5.91 Å². The molecule has 0 N–H and O–H groups in total. The van der Waals surface area contributed by atoms with E-state index < -0.39 is 0 Å². The number of aromatic nitrogens is 3. The number of rotatable bonds is 2. The van der Waals surface area contributed by atoms with E-state index in [1.54, 1.807) is 4.68 Å². The van der Waals surface area contributed by atoms with E-state index in [1.165, 1.54) is 25.7 Å². The van der Waals surface area contributed by atoms with Gasteiger partial charge in [-0.05, 0) is 62.8 Å². The van der Waals surface area contributed by atoms with Crippen LogP contribution in [0.4, 0.5) is 0 Å². The first-order valence-corrected chi connectivity index (χ1v) is 9.52. The first kappa shape index (κ1) is 16.6. The number of nitrogens with zero attached hydrogens (tertiary/aromatic N) is 4. The molecule has 4 rings (SSSR count). The van der Waals surface area contributed by atoms with Crippen molar-refractivity contribution >= 4 is 17.5 Å². The van der Waals surface area contributed by atoms with Crippen LogP contribution in [0.2, 0.25) is 5.02 Å². The number of fused-ring (bicyclic) bond motifs is 1. The van der Waals surface area contributed by atoms with Crippen molar-refractivity contribution in [1.82, 2.24) is 19.7 Å². The highest BCUT2D eigenvalue weighted by Crippen LogP contribution is 2.35. The first-order chi connectivity index (χ1) is 12.1. The number of halogens is 1. The van der Waals surface area contributed by atoms with Gasteiger partial charge in [-0.1, -0.05) is 24.4 Å². The number of piperidine rings is 1. The quantitative estimate of drug-likeness (QED) is 0.814. The number of benzene rings is 1. The Hall–Kier alpha value is -1.88. The lowest BCUT2D eigenvalue weighted by atomic mass is 9.78. The van der Waals surface area contributed by atoms with Crippen LogP contribution in [0.5, 0.6) is 0 Å². The molecule has 0 bridgehead atoms. The summed E-state index contributed by atoms with van der Waals surface area (Å²) < 4.78 is 1.71. The van der Waals surface area contributed by atoms with Crippen LogP contribution in [0.15, 0.2) is 24.3 Å². The van der Waals surface area contributed by atoms with Crippen molar-refractivity contribution in [2.75, 3.05) is 6.54 Å². The number of hydrogen-bond donors (Lipinski definition) is 0. The lowest BCUT2D eigenvalue weighted by Crippen LogP contribution is -2.49. The predicted octanol–water partition coefficient (Wildman–Crippen LogP) is 4.02. The van der Waals surface area contributed by atoms with E-state index in [0.29, 0.717) is 28.6 Å². The van der Waals surface area contributed by atoms with Crippen LogP contribution in [0.1, 0.15) is 55.0 Å². The Morgan fingerprint density at radius 3 is 2.64 bits per heavy atom. The van der Waals surface area contributed by atoms with Gasteiger partial charge >= 0.3 is 0 Å². The summed E-state index contributed by atoms with van der Waals surface area (Å²) in [7, 11) is 0. The highest BCUT2D eigenvalue weighted by Gasteiger charge is 2.37. The van der Waals surface area contributed by atoms with Gasteiger partial charge in [-0.25, -0.2) is 9.67 Å². The van der Waals surface area contributed by atoms with E-state index in [9.17, 15) is 4.79 Å². The Labute approximate surface area is 153 Å². The number of carbonyl (C=O) groups is 1. The molecular weight excluding hydrogens is 336 g/mol. The minimum absolute atomic E-state index is 0.0209. The molecule has 0 spiro atoms. The van der Waals surface area contributed by atoms with Gasteiger partial charge in [0, 0.05) is 17.6 Å². The highest BCUT2D eigenvalue weighted by molar-refractivity contribution is 6.30. The molecule has 25 heavy (non-hydrogen) atoms. The molecule has 0 radical (unpaired) electrons. The molecule has 132 valence electrons. The van der Waals surface area contributed by atoms with Crippen molar-refractivity contribution in [2.24, 2.45) is 5.92 Å². The van der Waals surface area contributed by atoms with Gasteiger partial charge in [0.05, 0.1) is 5.69 Å². The minimum atomic E-state index is -0.0209. The molecule has 6 heteroatoms. The molecule has 2 aromatic rings. The Morgan fingerprint density at radius 1 is 1.12 bits per heavy atom. The molecule has 1 amide bonds. The van der Waals surface area contributed by atoms with E-state index in [1.807, 2.05) is 36.1 Å². The standard InChI is InChI=1S/C19H23ClN4O/c1-13-21-18(22-24(13)16-10-8-15(20)9-11-16)19(25)23-12-4-6-14-5-2-3-7-17(14)23/h8-11,14,17H,2-7,12H2,1H3/t14-,17+/m1/s1. The third-order valence-corrected chi connectivity index (χ3v) is 5.79. The highest BCUT2D eigenvalue weighted by atomic mass is 35.5. The predicted molar refractivity (Wildman–Crippen MR) is 97.1 cm³/mol. The van der Waals surface area contributed by atoms with Crippen LogP contribution in [0.25, 0.3) is 5.69 Å². The van der Waals surface area contributed by atoms with E-state index in [0.717, 1.165) is 25.1 Å². The maximum Gasteiger partial charge on any atom is 0.293 e. The van der Waals surface area contributed by atoms with Gasteiger partial charge in [-0.3, -0.25) is 4.79 Å². The number of likely N-dealkylation sites (tertiary alicyclic amines) is 1. The molecule has 2 heterocycles. The third kappa shape index (κ3) is 3.17. The second kappa shape index (κ2) is 6.79. The Kier molecular flexibility index (Phi) is 4.50. The topological polar surface area (TPSA) is 51.0 Å². The molecule has 1 aromatic heterocycles. The Bertz CT molecular complexity index is 768. The SMILES string of the molecule is Cc1nc(C(=O)N2CCC[C@H]3CCCC[C@@H]32)nn1-c1ccc(Cl)cc1. The fraction of sp³-hybridized carbons (Fsp3) is 0.526. The molecule has 1 aromatic carbocycles. The summed E-state index contributed by atoms with van der Waals surface area (Å²) in [4.78, 5) is 19.6. The normalized spacial score (nSPS) is 23.4. The van der Waals surface area contributed by atoms with E-state index in [4.69, 9.17) is 11.6 Å². The van der Waals surface area contributed by atoms with Crippen LogP contribution in [-0.4, -0.2) is 38.2 Å². The van der Waals surface area contributed by atoms with Gasteiger partial charge in [-0.15, -0.1) is 5.10 Å². The molecule has 0 unspecified atom stereocenters. The van der Waals surface area contributed by atoms with Gasteiger partial charge in [0.1, 0.15) is 5.82 Å². The summed E-state index contributed by atoms with van der Waals surface area (Å²) in [5.74, 6) is 1.65. The number of hydrogen-bond acceptors (Lipinski definition) is 3. The van der Waals surface area contributed by atoms with Crippen LogP contribution in [0, 0.1) is 12.8 Å². The molecule has 2 aliphatic rings. The monoisotopic (exact) mass is 358 g/mol. The van der Waals surface area contributed by atoms with Gasteiger partial charge in [0.2, 0.25) is 5.82 Å². The summed E-state index contributed by atoms with van der Waals surface area (Å²) in [5, 5.41) is 5.17. The van der Waals surface area contributed by atoms with Gasteiger partial charge in [-0.2, -0.15) is 0 Å². The van der Waals surface area contributed by atoms with E-state index >= 15 is 0 Å². The van der Waals surface area contributed by atoms with Crippen molar-refractivity contribution in [1.29, 1.82) is 0 Å². The molecule has 1 aliphatic carbocycles. The molecule has 2 atom stereocenters. The van der Waals surface area contributed by atoms with Crippen molar-refractivity contribution < 1.29 is 4.79 Å². The second-order valence-electron chi connectivity index (χ2n) is 7.12. The summed E-state index contributed by atoms with van der Waals surface area (Å²) in [5.41, 5.74) is 0.864. The Morgan fingerprint density at radius 2 is 1.84 bits per heavy atom. The largest absolute Gasteiger partial charge is 0.333 e. The second-order valence-corrected chi connectivity index (χ2v) is 7.56. The average Bonchev–Trinajstić information content (AvgIpc) is 3.03. The molecule has 1 aliphatic heterocycles. The third-order valence-electron chi connectivity index (χ3n) is 5.54. The summed E-state index contributed by atoms with van der Waals surface area (Å²) in [6, 6.07) is 7.78. The van der Waals surface area contributed by atoms with Gasteiger partial charge in [0.15, 0.2) is 0 Å². The maximum absolute atomic E-state index is 13.1. The zero-order valence-electron chi connectivity index (χ0n) is 14.5. The van der Waals surface area contributed by atoms with E-state index in [-0.39, 0.29) is 5.91 Å². The summed E-state index contributed by atoms with van der Waals surface area (Å²) in [6.45, 7) is 2.70. The number of carbonyl (C=O) groups excluding carboxylic acids is 1. The van der Waals surface area contributed by atoms with Crippen LogP contribution < -0.4 is 0 Å².